The Bertz CT molecular complexity index is 381. The average molecular weight is 344 g/mol. The van der Waals surface area contributed by atoms with Crippen molar-refractivity contribution in [2.45, 2.75) is 70.8 Å². The van der Waals surface area contributed by atoms with Crippen molar-refractivity contribution in [3.05, 3.63) is 34.1 Å². The molecule has 0 amide bonds. The molecule has 0 radical (unpaired) electrons. The summed E-state index contributed by atoms with van der Waals surface area (Å²) in [7, 11) is 0. The quantitative estimate of drug-likeness (QED) is 0.550. The highest BCUT2D eigenvalue weighted by Crippen LogP contribution is 2.22. The van der Waals surface area contributed by atoms with Crippen LogP contribution in [-0.4, -0.2) is 6.04 Å². The van der Waals surface area contributed by atoms with Gasteiger partial charge in [-0.15, -0.1) is 0 Å². The second-order valence-electron chi connectivity index (χ2n) is 5.59. The molecule has 0 aliphatic heterocycles. The van der Waals surface area contributed by atoms with E-state index in [1.54, 1.807) is 6.07 Å². The zero-order chi connectivity index (χ0) is 14.8. The molecule has 0 saturated heterocycles. The number of unbranched alkanes of at least 4 members (excludes halogenated alkanes) is 6. The topological polar surface area (TPSA) is 26.0 Å². The molecule has 0 aliphatic carbocycles. The molecule has 0 bridgehead atoms. The summed E-state index contributed by atoms with van der Waals surface area (Å²) in [4.78, 5) is 0. The fourth-order valence-corrected chi connectivity index (χ4v) is 2.88. The van der Waals surface area contributed by atoms with Gasteiger partial charge in [-0.3, -0.25) is 0 Å². The number of rotatable bonds is 10. The number of hydrogen-bond acceptors (Lipinski definition) is 1. The molecule has 0 aliphatic rings. The molecule has 0 saturated carbocycles. The van der Waals surface area contributed by atoms with Gasteiger partial charge in [-0.25, -0.2) is 4.39 Å². The lowest BCUT2D eigenvalue weighted by Gasteiger charge is -2.13. The molecule has 1 atom stereocenters. The first-order chi connectivity index (χ1) is 9.65. The Labute approximate surface area is 131 Å². The second kappa shape index (κ2) is 10.3. The van der Waals surface area contributed by atoms with Crippen molar-refractivity contribution in [3.63, 3.8) is 0 Å². The molecule has 0 spiro atoms. The largest absolute Gasteiger partial charge is 0.327 e. The number of nitrogens with two attached hydrogens (primary N) is 1. The lowest BCUT2D eigenvalue weighted by Crippen LogP contribution is -2.22. The lowest BCUT2D eigenvalue weighted by atomic mass is 10.00. The molecule has 1 unspecified atom stereocenters. The van der Waals surface area contributed by atoms with E-state index in [1.165, 1.54) is 51.0 Å². The van der Waals surface area contributed by atoms with Gasteiger partial charge in [0.05, 0.1) is 4.47 Å². The van der Waals surface area contributed by atoms with E-state index in [4.69, 9.17) is 5.73 Å². The van der Waals surface area contributed by atoms with Crippen molar-refractivity contribution in [2.24, 2.45) is 5.73 Å². The third-order valence-electron chi connectivity index (χ3n) is 3.69. The highest BCUT2D eigenvalue weighted by Gasteiger charge is 2.09. The van der Waals surface area contributed by atoms with E-state index in [1.807, 2.05) is 6.07 Å². The Morgan fingerprint density at radius 1 is 1.10 bits per heavy atom. The van der Waals surface area contributed by atoms with Crippen LogP contribution in [0, 0.1) is 5.82 Å². The van der Waals surface area contributed by atoms with Crippen molar-refractivity contribution < 1.29 is 4.39 Å². The Kier molecular flexibility index (Phi) is 9.12. The minimum atomic E-state index is -0.203. The summed E-state index contributed by atoms with van der Waals surface area (Å²) >= 11 is 3.30. The Hall–Kier alpha value is -0.410. The Morgan fingerprint density at radius 3 is 2.45 bits per heavy atom. The van der Waals surface area contributed by atoms with E-state index < -0.39 is 0 Å². The molecule has 1 aromatic rings. The van der Waals surface area contributed by atoms with Crippen LogP contribution in [0.3, 0.4) is 0 Å². The summed E-state index contributed by atoms with van der Waals surface area (Å²) in [6.07, 6.45) is 10.9. The van der Waals surface area contributed by atoms with E-state index >= 15 is 0 Å². The summed E-state index contributed by atoms with van der Waals surface area (Å²) in [5, 5.41) is 0. The lowest BCUT2D eigenvalue weighted by molar-refractivity contribution is 0.526. The summed E-state index contributed by atoms with van der Waals surface area (Å²) in [6, 6.07) is 5.28. The van der Waals surface area contributed by atoms with Crippen LogP contribution in [0.5, 0.6) is 0 Å². The van der Waals surface area contributed by atoms with Crippen LogP contribution < -0.4 is 5.73 Å². The summed E-state index contributed by atoms with van der Waals surface area (Å²) in [5.74, 6) is -0.203. The molecule has 0 aromatic heterocycles. The molecule has 1 rings (SSSR count). The van der Waals surface area contributed by atoms with Gasteiger partial charge in [0.25, 0.3) is 0 Å². The van der Waals surface area contributed by atoms with Crippen LogP contribution in [-0.2, 0) is 6.42 Å². The fourth-order valence-electron chi connectivity index (χ4n) is 2.45. The minimum absolute atomic E-state index is 0.128. The molecule has 20 heavy (non-hydrogen) atoms. The molecule has 1 aromatic carbocycles. The van der Waals surface area contributed by atoms with Crippen LogP contribution in [0.2, 0.25) is 0 Å². The normalized spacial score (nSPS) is 12.6. The zero-order valence-corrected chi connectivity index (χ0v) is 14.1. The number of halogens is 2. The van der Waals surface area contributed by atoms with Gasteiger partial charge >= 0.3 is 0 Å². The van der Waals surface area contributed by atoms with Gasteiger partial charge in [0.1, 0.15) is 5.82 Å². The highest BCUT2D eigenvalue weighted by atomic mass is 79.9. The monoisotopic (exact) mass is 343 g/mol. The molecule has 3 heteroatoms. The number of hydrogen-bond donors (Lipinski definition) is 1. The van der Waals surface area contributed by atoms with E-state index in [9.17, 15) is 4.39 Å². The maximum atomic E-state index is 13.4. The fraction of sp³-hybridized carbons (Fsp3) is 0.647. The highest BCUT2D eigenvalue weighted by molar-refractivity contribution is 9.10. The van der Waals surface area contributed by atoms with Crippen molar-refractivity contribution >= 4 is 15.9 Å². The first-order valence-electron chi connectivity index (χ1n) is 7.83. The van der Waals surface area contributed by atoms with Crippen LogP contribution in [0.4, 0.5) is 4.39 Å². The Morgan fingerprint density at radius 2 is 1.75 bits per heavy atom. The maximum Gasteiger partial charge on any atom is 0.137 e. The average Bonchev–Trinajstić information content (AvgIpc) is 2.43. The predicted molar refractivity (Wildman–Crippen MR) is 88.4 cm³/mol. The van der Waals surface area contributed by atoms with E-state index in [2.05, 4.69) is 22.9 Å². The maximum absolute atomic E-state index is 13.4. The van der Waals surface area contributed by atoms with Crippen LogP contribution in [0.25, 0.3) is 0 Å². The van der Waals surface area contributed by atoms with Crippen LogP contribution in [0.1, 0.15) is 63.9 Å². The van der Waals surface area contributed by atoms with Crippen molar-refractivity contribution in [1.29, 1.82) is 0 Å². The molecule has 0 heterocycles. The standard InChI is InChI=1S/C17H27BrFN/c1-2-3-4-5-6-7-8-11-15(20)13-14-10-9-12-16(19)17(14)18/h9-10,12,15H,2-8,11,13,20H2,1H3. The predicted octanol–water partition coefficient (Wildman–Crippen LogP) is 5.60. The van der Waals surface area contributed by atoms with E-state index in [-0.39, 0.29) is 11.9 Å². The third kappa shape index (κ3) is 6.85. The first-order valence-corrected chi connectivity index (χ1v) is 8.63. The van der Waals surface area contributed by atoms with Crippen molar-refractivity contribution in [1.82, 2.24) is 0 Å². The second-order valence-corrected chi connectivity index (χ2v) is 6.38. The van der Waals surface area contributed by atoms with Gasteiger partial charge in [0.15, 0.2) is 0 Å². The first kappa shape index (κ1) is 17.6. The Balaban J connectivity index is 2.17. The summed E-state index contributed by atoms with van der Waals surface area (Å²) in [6.45, 7) is 2.24. The van der Waals surface area contributed by atoms with Gasteiger partial charge in [-0.2, -0.15) is 0 Å². The van der Waals surface area contributed by atoms with Gasteiger partial charge in [-0.05, 0) is 40.4 Å². The third-order valence-corrected chi connectivity index (χ3v) is 4.58. The van der Waals surface area contributed by atoms with Gasteiger partial charge in [-0.1, -0.05) is 64.0 Å². The van der Waals surface area contributed by atoms with Crippen molar-refractivity contribution in [3.8, 4) is 0 Å². The van der Waals surface area contributed by atoms with E-state index in [0.717, 1.165) is 18.4 Å². The van der Waals surface area contributed by atoms with Crippen LogP contribution in [0.15, 0.2) is 22.7 Å². The SMILES string of the molecule is CCCCCCCCCC(N)Cc1cccc(F)c1Br. The van der Waals surface area contributed by atoms with E-state index in [0.29, 0.717) is 4.47 Å². The molecule has 114 valence electrons. The van der Waals surface area contributed by atoms with Crippen LogP contribution >= 0.6 is 15.9 Å². The summed E-state index contributed by atoms with van der Waals surface area (Å²) in [5.41, 5.74) is 7.12. The van der Waals surface area contributed by atoms with Gasteiger partial charge in [0.2, 0.25) is 0 Å². The molecule has 0 fully saturated rings. The van der Waals surface area contributed by atoms with Gasteiger partial charge < -0.3 is 5.73 Å². The molecular formula is C17H27BrFN. The summed E-state index contributed by atoms with van der Waals surface area (Å²) < 4.78 is 14.0. The molecule has 1 nitrogen and oxygen atoms in total. The smallest absolute Gasteiger partial charge is 0.137 e. The van der Waals surface area contributed by atoms with Gasteiger partial charge in [0, 0.05) is 6.04 Å². The molecule has 2 N–H and O–H groups in total. The minimum Gasteiger partial charge on any atom is -0.327 e. The van der Waals surface area contributed by atoms with Crippen molar-refractivity contribution in [2.75, 3.05) is 0 Å². The zero-order valence-electron chi connectivity index (χ0n) is 12.5. The number of benzene rings is 1. The molecular weight excluding hydrogens is 317 g/mol.